The fourth-order valence-corrected chi connectivity index (χ4v) is 2.09. The van der Waals surface area contributed by atoms with E-state index >= 15 is 0 Å². The van der Waals surface area contributed by atoms with Crippen LogP contribution in [-0.2, 0) is 0 Å². The molecule has 20 heavy (non-hydrogen) atoms. The van der Waals surface area contributed by atoms with Crippen molar-refractivity contribution in [2.24, 2.45) is 5.84 Å². The number of benzene rings is 2. The van der Waals surface area contributed by atoms with Crippen molar-refractivity contribution in [1.29, 1.82) is 0 Å². The molecule has 1 unspecified atom stereocenters. The zero-order valence-corrected chi connectivity index (χ0v) is 11.8. The summed E-state index contributed by atoms with van der Waals surface area (Å²) in [6.45, 7) is 2.50. The van der Waals surface area contributed by atoms with Crippen molar-refractivity contribution >= 4 is 0 Å². The number of rotatable bonds is 6. The van der Waals surface area contributed by atoms with Crippen molar-refractivity contribution < 1.29 is 9.47 Å². The van der Waals surface area contributed by atoms with Crippen LogP contribution in [0, 0.1) is 6.92 Å². The van der Waals surface area contributed by atoms with Gasteiger partial charge in [-0.1, -0.05) is 24.3 Å². The van der Waals surface area contributed by atoms with Crippen LogP contribution in [0.1, 0.15) is 17.2 Å². The van der Waals surface area contributed by atoms with E-state index in [1.807, 2.05) is 55.5 Å². The van der Waals surface area contributed by atoms with Gasteiger partial charge in [0.15, 0.2) is 0 Å². The third kappa shape index (κ3) is 3.50. The Hall–Kier alpha value is -2.04. The lowest BCUT2D eigenvalue weighted by molar-refractivity contribution is 0.267. The topological polar surface area (TPSA) is 56.5 Å². The van der Waals surface area contributed by atoms with Crippen LogP contribution in [-0.4, -0.2) is 13.7 Å². The van der Waals surface area contributed by atoms with Crippen molar-refractivity contribution in [3.05, 3.63) is 59.7 Å². The van der Waals surface area contributed by atoms with Gasteiger partial charge in [-0.3, -0.25) is 5.84 Å². The molecule has 0 fully saturated rings. The van der Waals surface area contributed by atoms with Crippen molar-refractivity contribution in [3.8, 4) is 11.5 Å². The molecule has 0 spiro atoms. The molecule has 106 valence electrons. The molecule has 2 aromatic rings. The summed E-state index contributed by atoms with van der Waals surface area (Å²) in [5, 5.41) is 0. The largest absolute Gasteiger partial charge is 0.497 e. The number of hydrazine groups is 1. The second kappa shape index (κ2) is 6.93. The van der Waals surface area contributed by atoms with Gasteiger partial charge in [0.1, 0.15) is 18.1 Å². The molecule has 0 heterocycles. The summed E-state index contributed by atoms with van der Waals surface area (Å²) < 4.78 is 11.0. The highest BCUT2D eigenvalue weighted by Gasteiger charge is 2.13. The van der Waals surface area contributed by atoms with Gasteiger partial charge in [0.25, 0.3) is 0 Å². The minimum absolute atomic E-state index is 0.0684. The van der Waals surface area contributed by atoms with Crippen LogP contribution in [0.25, 0.3) is 0 Å². The molecule has 4 heteroatoms. The van der Waals surface area contributed by atoms with Crippen molar-refractivity contribution in [3.63, 3.8) is 0 Å². The number of ether oxygens (including phenoxy) is 2. The van der Waals surface area contributed by atoms with E-state index in [0.29, 0.717) is 6.61 Å². The molecular formula is C16H20N2O2. The van der Waals surface area contributed by atoms with Crippen molar-refractivity contribution in [1.82, 2.24) is 5.43 Å². The number of para-hydroxylation sites is 1. The number of methoxy groups -OCH3 is 1. The Morgan fingerprint density at radius 1 is 1.10 bits per heavy atom. The smallest absolute Gasteiger partial charge is 0.119 e. The molecule has 0 aliphatic carbocycles. The maximum Gasteiger partial charge on any atom is 0.119 e. The van der Waals surface area contributed by atoms with E-state index in [9.17, 15) is 0 Å². The van der Waals surface area contributed by atoms with E-state index in [1.54, 1.807) is 7.11 Å². The first-order chi connectivity index (χ1) is 9.74. The van der Waals surface area contributed by atoms with Crippen molar-refractivity contribution in [2.75, 3.05) is 13.7 Å². The third-order valence-corrected chi connectivity index (χ3v) is 3.21. The van der Waals surface area contributed by atoms with Crippen LogP contribution in [0.5, 0.6) is 11.5 Å². The van der Waals surface area contributed by atoms with Crippen LogP contribution in [0.15, 0.2) is 48.5 Å². The van der Waals surface area contributed by atoms with E-state index in [0.717, 1.165) is 22.6 Å². The molecule has 4 nitrogen and oxygen atoms in total. The number of nitrogens with two attached hydrogens (primary N) is 1. The number of aryl methyl sites for hydroxylation is 1. The van der Waals surface area contributed by atoms with Gasteiger partial charge in [0, 0.05) is 0 Å². The van der Waals surface area contributed by atoms with Crippen LogP contribution in [0.3, 0.4) is 0 Å². The normalized spacial score (nSPS) is 11.9. The predicted octanol–water partition coefficient (Wildman–Crippen LogP) is 2.59. The Morgan fingerprint density at radius 2 is 1.85 bits per heavy atom. The minimum atomic E-state index is -0.0684. The molecule has 0 aliphatic rings. The van der Waals surface area contributed by atoms with Gasteiger partial charge in [-0.05, 0) is 42.3 Å². The molecule has 3 N–H and O–H groups in total. The molecule has 0 radical (unpaired) electrons. The average molecular weight is 272 g/mol. The van der Waals surface area contributed by atoms with Gasteiger partial charge in [-0.15, -0.1) is 0 Å². The average Bonchev–Trinajstić information content (AvgIpc) is 2.50. The number of hydrogen-bond acceptors (Lipinski definition) is 4. The highest BCUT2D eigenvalue weighted by molar-refractivity contribution is 5.36. The lowest BCUT2D eigenvalue weighted by atomic mass is 10.0. The van der Waals surface area contributed by atoms with Crippen LogP contribution in [0.4, 0.5) is 0 Å². The molecular weight excluding hydrogens is 252 g/mol. The highest BCUT2D eigenvalue weighted by Crippen LogP contribution is 2.23. The van der Waals surface area contributed by atoms with Gasteiger partial charge < -0.3 is 9.47 Å². The zero-order valence-electron chi connectivity index (χ0n) is 11.8. The monoisotopic (exact) mass is 272 g/mol. The summed E-state index contributed by atoms with van der Waals surface area (Å²) in [4.78, 5) is 0. The fraction of sp³-hybridized carbons (Fsp3) is 0.250. The van der Waals surface area contributed by atoms with Gasteiger partial charge >= 0.3 is 0 Å². The third-order valence-electron chi connectivity index (χ3n) is 3.21. The molecule has 0 aromatic heterocycles. The van der Waals surface area contributed by atoms with Crippen LogP contribution < -0.4 is 20.7 Å². The second-order valence-corrected chi connectivity index (χ2v) is 4.57. The number of nitrogens with one attached hydrogen (secondary N) is 1. The van der Waals surface area contributed by atoms with Gasteiger partial charge in [0.2, 0.25) is 0 Å². The first kappa shape index (κ1) is 14.4. The maximum absolute atomic E-state index is 5.75. The Balaban J connectivity index is 2.08. The fourth-order valence-electron chi connectivity index (χ4n) is 2.09. The second-order valence-electron chi connectivity index (χ2n) is 4.57. The van der Waals surface area contributed by atoms with Crippen LogP contribution >= 0.6 is 0 Å². The van der Waals surface area contributed by atoms with Gasteiger partial charge in [-0.2, -0.15) is 0 Å². The van der Waals surface area contributed by atoms with E-state index in [2.05, 4.69) is 5.43 Å². The molecule has 0 amide bonds. The lowest BCUT2D eigenvalue weighted by Gasteiger charge is -2.19. The molecule has 0 aliphatic heterocycles. The summed E-state index contributed by atoms with van der Waals surface area (Å²) in [6, 6.07) is 15.5. The minimum Gasteiger partial charge on any atom is -0.497 e. The molecule has 0 saturated heterocycles. The quantitative estimate of drug-likeness (QED) is 0.627. The Morgan fingerprint density at radius 3 is 2.45 bits per heavy atom. The maximum atomic E-state index is 5.75. The zero-order chi connectivity index (χ0) is 14.4. The summed E-state index contributed by atoms with van der Waals surface area (Å²) in [5.74, 6) is 7.32. The summed E-state index contributed by atoms with van der Waals surface area (Å²) in [5.41, 5.74) is 5.02. The summed E-state index contributed by atoms with van der Waals surface area (Å²) in [7, 11) is 1.66. The molecule has 0 saturated carbocycles. The Kier molecular flexibility index (Phi) is 4.98. The first-order valence-corrected chi connectivity index (χ1v) is 6.53. The highest BCUT2D eigenvalue weighted by atomic mass is 16.5. The first-order valence-electron chi connectivity index (χ1n) is 6.53. The Bertz CT molecular complexity index is 543. The summed E-state index contributed by atoms with van der Waals surface area (Å²) >= 11 is 0. The Labute approximate surface area is 119 Å². The molecule has 0 bridgehead atoms. The van der Waals surface area contributed by atoms with Gasteiger partial charge in [-0.25, -0.2) is 5.43 Å². The SMILES string of the molecule is COc1ccc(C(COc2ccccc2)NN)c(C)c1. The lowest BCUT2D eigenvalue weighted by Crippen LogP contribution is -2.32. The van der Waals surface area contributed by atoms with E-state index in [1.165, 1.54) is 0 Å². The van der Waals surface area contributed by atoms with Crippen molar-refractivity contribution in [2.45, 2.75) is 13.0 Å². The molecule has 1 atom stereocenters. The van der Waals surface area contributed by atoms with E-state index < -0.39 is 0 Å². The molecule has 2 aromatic carbocycles. The predicted molar refractivity (Wildman–Crippen MR) is 79.7 cm³/mol. The van der Waals surface area contributed by atoms with E-state index in [4.69, 9.17) is 15.3 Å². The summed E-state index contributed by atoms with van der Waals surface area (Å²) in [6.07, 6.45) is 0. The molecule has 2 rings (SSSR count). The standard InChI is InChI=1S/C16H20N2O2/c1-12-10-14(19-2)8-9-15(12)16(18-17)11-20-13-6-4-3-5-7-13/h3-10,16,18H,11,17H2,1-2H3. The number of hydrogen-bond donors (Lipinski definition) is 2. The van der Waals surface area contributed by atoms with E-state index in [-0.39, 0.29) is 6.04 Å². The van der Waals surface area contributed by atoms with Crippen LogP contribution in [0.2, 0.25) is 0 Å². The van der Waals surface area contributed by atoms with Gasteiger partial charge in [0.05, 0.1) is 13.2 Å².